The van der Waals surface area contributed by atoms with Crippen LogP contribution >= 0.6 is 0 Å². The summed E-state index contributed by atoms with van der Waals surface area (Å²) in [5.74, 6) is -0.0874. The highest BCUT2D eigenvalue weighted by Gasteiger charge is 1.93. The maximum Gasteiger partial charge on any atom is 0.221 e. The molecular formula is C12H22N2O. The smallest absolute Gasteiger partial charge is 0.221 e. The van der Waals surface area contributed by atoms with Crippen molar-refractivity contribution in [2.75, 3.05) is 11.1 Å². The highest BCUT2D eigenvalue weighted by molar-refractivity contribution is 5.89. The van der Waals surface area contributed by atoms with E-state index >= 15 is 0 Å². The molecule has 3 nitrogen and oxygen atoms in total. The predicted octanol–water partition coefficient (Wildman–Crippen LogP) is 3.28. The van der Waals surface area contributed by atoms with Crippen LogP contribution in [0.2, 0.25) is 0 Å². The Hall–Kier alpha value is -1.51. The zero-order valence-electron chi connectivity index (χ0n) is 10.3. The molecule has 0 unspecified atom stereocenters. The average Bonchev–Trinajstić information content (AvgIpc) is 2.23. The summed E-state index contributed by atoms with van der Waals surface area (Å²) in [6, 6.07) is 7.06. The standard InChI is InChI=1S/C8H10N2O.2C2H6/c1-6(11)10-8-4-2-3-7(9)5-8;2*1-2/h2-5H,9H2,1H3,(H,10,11);2*1-2H3. The lowest BCUT2D eigenvalue weighted by Crippen LogP contribution is -2.05. The largest absolute Gasteiger partial charge is 0.399 e. The molecule has 0 aliphatic carbocycles. The summed E-state index contributed by atoms with van der Waals surface area (Å²) in [7, 11) is 0. The molecule has 0 fully saturated rings. The monoisotopic (exact) mass is 210 g/mol. The molecule has 0 spiro atoms. The van der Waals surface area contributed by atoms with E-state index < -0.39 is 0 Å². The van der Waals surface area contributed by atoms with E-state index in [4.69, 9.17) is 5.73 Å². The van der Waals surface area contributed by atoms with Crippen molar-refractivity contribution in [2.24, 2.45) is 0 Å². The topological polar surface area (TPSA) is 55.1 Å². The first-order valence-corrected chi connectivity index (χ1v) is 5.31. The molecule has 0 aromatic heterocycles. The summed E-state index contributed by atoms with van der Waals surface area (Å²) in [5, 5.41) is 2.63. The van der Waals surface area contributed by atoms with E-state index in [9.17, 15) is 4.79 Å². The Bertz CT molecular complexity index is 272. The Morgan fingerprint density at radius 1 is 1.20 bits per heavy atom. The van der Waals surface area contributed by atoms with Crippen LogP contribution in [0.1, 0.15) is 34.6 Å². The van der Waals surface area contributed by atoms with Crippen LogP contribution in [0.4, 0.5) is 11.4 Å². The van der Waals surface area contributed by atoms with Crippen molar-refractivity contribution >= 4 is 17.3 Å². The molecule has 0 saturated heterocycles. The number of nitrogens with two attached hydrogens (primary N) is 1. The quantitative estimate of drug-likeness (QED) is 0.699. The van der Waals surface area contributed by atoms with Crippen LogP contribution in [0.15, 0.2) is 24.3 Å². The molecule has 86 valence electrons. The molecule has 1 aromatic rings. The van der Waals surface area contributed by atoms with Crippen LogP contribution in [0.5, 0.6) is 0 Å². The van der Waals surface area contributed by atoms with Gasteiger partial charge in [0.15, 0.2) is 0 Å². The highest BCUT2D eigenvalue weighted by Crippen LogP contribution is 2.10. The minimum absolute atomic E-state index is 0.0874. The molecule has 0 heterocycles. The Kier molecular flexibility index (Phi) is 11.2. The molecule has 0 saturated carbocycles. The van der Waals surface area contributed by atoms with Gasteiger partial charge in [-0.25, -0.2) is 0 Å². The minimum Gasteiger partial charge on any atom is -0.399 e. The zero-order valence-corrected chi connectivity index (χ0v) is 10.3. The van der Waals surface area contributed by atoms with Gasteiger partial charge in [-0.05, 0) is 18.2 Å². The molecule has 1 amide bonds. The summed E-state index contributed by atoms with van der Waals surface area (Å²) >= 11 is 0. The number of nitrogens with one attached hydrogen (secondary N) is 1. The lowest BCUT2D eigenvalue weighted by atomic mass is 10.3. The van der Waals surface area contributed by atoms with Gasteiger partial charge in [0.1, 0.15) is 0 Å². The third-order valence-electron chi connectivity index (χ3n) is 1.21. The van der Waals surface area contributed by atoms with Gasteiger partial charge in [0.05, 0.1) is 0 Å². The van der Waals surface area contributed by atoms with Crippen molar-refractivity contribution < 1.29 is 4.79 Å². The number of carbonyl (C=O) groups is 1. The first-order valence-electron chi connectivity index (χ1n) is 5.31. The number of benzene rings is 1. The second-order valence-corrected chi connectivity index (χ2v) is 2.31. The van der Waals surface area contributed by atoms with Crippen LogP contribution in [0.3, 0.4) is 0 Å². The molecule has 0 atom stereocenters. The van der Waals surface area contributed by atoms with Crippen LogP contribution in [0, 0.1) is 0 Å². The van der Waals surface area contributed by atoms with E-state index in [1.807, 2.05) is 27.7 Å². The second kappa shape index (κ2) is 10.6. The van der Waals surface area contributed by atoms with Crippen molar-refractivity contribution in [3.63, 3.8) is 0 Å². The van der Waals surface area contributed by atoms with Gasteiger partial charge in [0.2, 0.25) is 5.91 Å². The van der Waals surface area contributed by atoms with E-state index in [1.54, 1.807) is 24.3 Å². The lowest BCUT2D eigenvalue weighted by molar-refractivity contribution is -0.114. The lowest BCUT2D eigenvalue weighted by Gasteiger charge is -2.01. The van der Waals surface area contributed by atoms with Gasteiger partial charge < -0.3 is 11.1 Å². The molecule has 1 aromatic carbocycles. The van der Waals surface area contributed by atoms with E-state index in [1.165, 1.54) is 6.92 Å². The first-order chi connectivity index (χ1) is 7.18. The van der Waals surface area contributed by atoms with Gasteiger partial charge >= 0.3 is 0 Å². The number of nitrogen functional groups attached to an aromatic ring is 1. The summed E-state index contributed by atoms with van der Waals surface area (Å²) < 4.78 is 0. The van der Waals surface area contributed by atoms with E-state index in [2.05, 4.69) is 5.32 Å². The van der Waals surface area contributed by atoms with Crippen LogP contribution in [0.25, 0.3) is 0 Å². The third kappa shape index (κ3) is 8.81. The van der Waals surface area contributed by atoms with E-state index in [0.29, 0.717) is 5.69 Å². The van der Waals surface area contributed by atoms with Gasteiger partial charge in [-0.3, -0.25) is 4.79 Å². The Labute approximate surface area is 92.7 Å². The Morgan fingerprint density at radius 2 is 1.73 bits per heavy atom. The number of amides is 1. The van der Waals surface area contributed by atoms with Crippen LogP contribution in [-0.2, 0) is 4.79 Å². The number of carbonyl (C=O) groups excluding carboxylic acids is 1. The van der Waals surface area contributed by atoms with E-state index in [-0.39, 0.29) is 5.91 Å². The Balaban J connectivity index is 0. The van der Waals surface area contributed by atoms with Crippen molar-refractivity contribution in [1.29, 1.82) is 0 Å². The minimum atomic E-state index is -0.0874. The zero-order chi connectivity index (χ0) is 12.3. The maximum atomic E-state index is 10.6. The fraction of sp³-hybridized carbons (Fsp3) is 0.417. The molecular weight excluding hydrogens is 188 g/mol. The molecule has 3 N–H and O–H groups in total. The van der Waals surface area contributed by atoms with Gasteiger partial charge in [0.25, 0.3) is 0 Å². The maximum absolute atomic E-state index is 10.6. The first kappa shape index (κ1) is 15.9. The molecule has 0 radical (unpaired) electrons. The molecule has 0 aliphatic rings. The summed E-state index contributed by atoms with van der Waals surface area (Å²) in [6.45, 7) is 9.46. The normalized spacial score (nSPS) is 7.53. The van der Waals surface area contributed by atoms with Gasteiger partial charge in [0, 0.05) is 18.3 Å². The number of rotatable bonds is 1. The number of hydrogen-bond donors (Lipinski definition) is 2. The second-order valence-electron chi connectivity index (χ2n) is 2.31. The fourth-order valence-corrected chi connectivity index (χ4v) is 0.820. The van der Waals surface area contributed by atoms with Crippen molar-refractivity contribution in [2.45, 2.75) is 34.6 Å². The van der Waals surface area contributed by atoms with Gasteiger partial charge in [-0.15, -0.1) is 0 Å². The summed E-state index contributed by atoms with van der Waals surface area (Å²) in [4.78, 5) is 10.6. The fourth-order valence-electron chi connectivity index (χ4n) is 0.820. The van der Waals surface area contributed by atoms with Gasteiger partial charge in [-0.2, -0.15) is 0 Å². The number of anilines is 2. The summed E-state index contributed by atoms with van der Waals surface area (Å²) in [6.07, 6.45) is 0. The predicted molar refractivity (Wildman–Crippen MR) is 67.9 cm³/mol. The third-order valence-corrected chi connectivity index (χ3v) is 1.21. The molecule has 1 rings (SSSR count). The van der Waals surface area contributed by atoms with Crippen molar-refractivity contribution in [1.82, 2.24) is 0 Å². The summed E-state index contributed by atoms with van der Waals surface area (Å²) in [5.41, 5.74) is 6.87. The number of hydrogen-bond acceptors (Lipinski definition) is 2. The molecule has 15 heavy (non-hydrogen) atoms. The molecule has 0 aliphatic heterocycles. The van der Waals surface area contributed by atoms with Crippen molar-refractivity contribution in [3.05, 3.63) is 24.3 Å². The van der Waals surface area contributed by atoms with Gasteiger partial charge in [-0.1, -0.05) is 33.8 Å². The van der Waals surface area contributed by atoms with E-state index in [0.717, 1.165) is 5.69 Å². The SMILES string of the molecule is CC.CC.CC(=O)Nc1cccc(N)c1. The van der Waals surface area contributed by atoms with Crippen LogP contribution < -0.4 is 11.1 Å². The highest BCUT2D eigenvalue weighted by atomic mass is 16.1. The average molecular weight is 210 g/mol. The molecule has 0 bridgehead atoms. The molecule has 3 heteroatoms. The van der Waals surface area contributed by atoms with Crippen LogP contribution in [-0.4, -0.2) is 5.91 Å². The Morgan fingerprint density at radius 3 is 2.13 bits per heavy atom. The van der Waals surface area contributed by atoms with Crippen molar-refractivity contribution in [3.8, 4) is 0 Å².